The molecule has 0 saturated carbocycles. The van der Waals surface area contributed by atoms with Gasteiger partial charge in [0.05, 0.1) is 31.0 Å². The average Bonchev–Trinajstić information content (AvgIpc) is 2.82. The number of likely N-dealkylation sites (tertiary alicyclic amines) is 1. The Hall–Kier alpha value is -1.40. The van der Waals surface area contributed by atoms with Crippen LogP contribution >= 0.6 is 0 Å². The first-order valence-electron chi connectivity index (χ1n) is 7.15. The second-order valence-corrected chi connectivity index (χ2v) is 5.67. The number of carbonyl (C=O) groups is 1. The molecule has 1 spiro atoms. The van der Waals surface area contributed by atoms with E-state index in [4.69, 9.17) is 9.47 Å². The minimum atomic E-state index is -0.185. The molecule has 2 aliphatic heterocycles. The number of nitrogens with zero attached hydrogens (tertiary/aromatic N) is 3. The Kier molecular flexibility index (Phi) is 3.52. The van der Waals surface area contributed by atoms with E-state index >= 15 is 0 Å². The first-order valence-corrected chi connectivity index (χ1v) is 7.15. The maximum Gasteiger partial charge on any atom is 0.257 e. The molecule has 2 saturated heterocycles. The van der Waals surface area contributed by atoms with E-state index in [1.54, 1.807) is 17.1 Å². The number of hydrogen-bond acceptors (Lipinski definition) is 4. The normalized spacial score (nSPS) is 24.7. The van der Waals surface area contributed by atoms with Crippen LogP contribution in [0.15, 0.2) is 12.4 Å². The SMILES string of the molecule is CCO[C@@H]1CCOC2(C1)CN(C(=O)c1cnn(C)c1)C2. The molecule has 1 aromatic rings. The number of aromatic nitrogens is 2. The van der Waals surface area contributed by atoms with E-state index < -0.39 is 0 Å². The summed E-state index contributed by atoms with van der Waals surface area (Å²) < 4.78 is 13.2. The molecule has 3 heterocycles. The summed E-state index contributed by atoms with van der Waals surface area (Å²) in [5.74, 6) is 0.0332. The van der Waals surface area contributed by atoms with Crippen LogP contribution in [0.1, 0.15) is 30.1 Å². The number of carbonyl (C=O) groups excluding carboxylic acids is 1. The molecule has 0 bridgehead atoms. The molecule has 20 heavy (non-hydrogen) atoms. The van der Waals surface area contributed by atoms with E-state index in [1.807, 2.05) is 18.9 Å². The number of amides is 1. The highest BCUT2D eigenvalue weighted by Gasteiger charge is 2.49. The summed E-state index contributed by atoms with van der Waals surface area (Å²) >= 11 is 0. The Morgan fingerprint density at radius 1 is 1.60 bits per heavy atom. The zero-order chi connectivity index (χ0) is 14.2. The molecular formula is C14H21N3O3. The topological polar surface area (TPSA) is 56.6 Å². The molecule has 6 nitrogen and oxygen atoms in total. The van der Waals surface area contributed by atoms with E-state index in [1.165, 1.54) is 0 Å². The van der Waals surface area contributed by atoms with E-state index in [0.29, 0.717) is 18.7 Å². The van der Waals surface area contributed by atoms with E-state index in [9.17, 15) is 4.79 Å². The predicted molar refractivity (Wildman–Crippen MR) is 72.4 cm³/mol. The monoisotopic (exact) mass is 279 g/mol. The Balaban J connectivity index is 1.58. The lowest BCUT2D eigenvalue weighted by Crippen LogP contribution is -2.67. The van der Waals surface area contributed by atoms with Gasteiger partial charge in [-0.25, -0.2) is 0 Å². The van der Waals surface area contributed by atoms with Crippen molar-refractivity contribution in [2.24, 2.45) is 7.05 Å². The van der Waals surface area contributed by atoms with Gasteiger partial charge in [0, 0.05) is 32.9 Å². The average molecular weight is 279 g/mol. The van der Waals surface area contributed by atoms with Crippen molar-refractivity contribution in [2.45, 2.75) is 31.5 Å². The number of rotatable bonds is 3. The summed E-state index contributed by atoms with van der Waals surface area (Å²) in [6, 6.07) is 0. The molecular weight excluding hydrogens is 258 g/mol. The molecule has 1 atom stereocenters. The van der Waals surface area contributed by atoms with Gasteiger partial charge in [0.1, 0.15) is 5.60 Å². The first kappa shape index (κ1) is 13.6. The summed E-state index contributed by atoms with van der Waals surface area (Å²) in [4.78, 5) is 14.1. The summed E-state index contributed by atoms with van der Waals surface area (Å²) in [7, 11) is 1.81. The van der Waals surface area contributed by atoms with Crippen LogP contribution in [0.25, 0.3) is 0 Å². The summed E-state index contributed by atoms with van der Waals surface area (Å²) in [6.07, 6.45) is 5.46. The molecule has 0 radical (unpaired) electrons. The quantitative estimate of drug-likeness (QED) is 0.822. The van der Waals surface area contributed by atoms with Crippen LogP contribution in [0.4, 0.5) is 0 Å². The van der Waals surface area contributed by atoms with Crippen molar-refractivity contribution in [1.29, 1.82) is 0 Å². The van der Waals surface area contributed by atoms with Gasteiger partial charge in [-0.3, -0.25) is 9.48 Å². The highest BCUT2D eigenvalue weighted by Crippen LogP contribution is 2.35. The zero-order valence-corrected chi connectivity index (χ0v) is 12.0. The standard InChI is InChI=1S/C14H21N3O3/c1-3-19-12-4-5-20-14(6-12)9-17(10-14)13(18)11-7-15-16(2)8-11/h7-8,12H,3-6,9-10H2,1-2H3/t12-/m1/s1. The van der Waals surface area contributed by atoms with Crippen LogP contribution in [0, 0.1) is 0 Å². The number of ether oxygens (including phenoxy) is 2. The van der Waals surface area contributed by atoms with Crippen LogP contribution in [0.5, 0.6) is 0 Å². The maximum absolute atomic E-state index is 12.3. The molecule has 2 aliphatic rings. The third kappa shape index (κ3) is 2.45. The number of hydrogen-bond donors (Lipinski definition) is 0. The van der Waals surface area contributed by atoms with Crippen molar-refractivity contribution in [3.63, 3.8) is 0 Å². The van der Waals surface area contributed by atoms with Crippen LogP contribution in [0.3, 0.4) is 0 Å². The highest BCUT2D eigenvalue weighted by atomic mass is 16.5. The summed E-state index contributed by atoms with van der Waals surface area (Å²) in [5.41, 5.74) is 0.454. The third-order valence-electron chi connectivity index (χ3n) is 4.05. The van der Waals surface area contributed by atoms with E-state index in [2.05, 4.69) is 5.10 Å². The van der Waals surface area contributed by atoms with Crippen LogP contribution in [-0.2, 0) is 16.5 Å². The zero-order valence-electron chi connectivity index (χ0n) is 12.0. The summed E-state index contributed by atoms with van der Waals surface area (Å²) in [6.45, 7) is 4.79. The van der Waals surface area contributed by atoms with Crippen molar-refractivity contribution >= 4 is 5.91 Å². The molecule has 0 unspecified atom stereocenters. The minimum absolute atomic E-state index is 0.0332. The molecule has 1 aromatic heterocycles. The van der Waals surface area contributed by atoms with Gasteiger partial charge in [-0.1, -0.05) is 0 Å². The smallest absolute Gasteiger partial charge is 0.257 e. The molecule has 1 amide bonds. The van der Waals surface area contributed by atoms with Crippen LogP contribution < -0.4 is 0 Å². The van der Waals surface area contributed by atoms with Crippen molar-refractivity contribution in [2.75, 3.05) is 26.3 Å². The maximum atomic E-state index is 12.3. The Bertz CT molecular complexity index is 492. The Labute approximate surface area is 118 Å². The Morgan fingerprint density at radius 2 is 2.40 bits per heavy atom. The van der Waals surface area contributed by atoms with Gasteiger partial charge >= 0.3 is 0 Å². The molecule has 6 heteroatoms. The van der Waals surface area contributed by atoms with Crippen molar-refractivity contribution < 1.29 is 14.3 Å². The fourth-order valence-electron chi connectivity index (χ4n) is 3.09. The predicted octanol–water partition coefficient (Wildman–Crippen LogP) is 0.830. The molecule has 0 N–H and O–H groups in total. The number of aryl methyl sites for hydroxylation is 1. The van der Waals surface area contributed by atoms with Crippen molar-refractivity contribution in [1.82, 2.24) is 14.7 Å². The molecule has 110 valence electrons. The van der Waals surface area contributed by atoms with Crippen LogP contribution in [-0.4, -0.2) is 58.6 Å². The minimum Gasteiger partial charge on any atom is -0.378 e. The molecule has 0 aromatic carbocycles. The van der Waals surface area contributed by atoms with Gasteiger partial charge in [-0.05, 0) is 13.3 Å². The van der Waals surface area contributed by atoms with Gasteiger partial charge in [0.2, 0.25) is 0 Å². The Morgan fingerprint density at radius 3 is 3.05 bits per heavy atom. The third-order valence-corrected chi connectivity index (χ3v) is 4.05. The molecule has 2 fully saturated rings. The van der Waals surface area contributed by atoms with Gasteiger partial charge in [0.25, 0.3) is 5.91 Å². The van der Waals surface area contributed by atoms with Gasteiger partial charge in [0.15, 0.2) is 0 Å². The second kappa shape index (κ2) is 5.18. The van der Waals surface area contributed by atoms with Gasteiger partial charge in [-0.15, -0.1) is 0 Å². The van der Waals surface area contributed by atoms with Gasteiger partial charge in [-0.2, -0.15) is 5.10 Å². The molecule has 3 rings (SSSR count). The second-order valence-electron chi connectivity index (χ2n) is 5.67. The molecule has 0 aliphatic carbocycles. The lowest BCUT2D eigenvalue weighted by atomic mass is 9.84. The lowest BCUT2D eigenvalue weighted by molar-refractivity contribution is -0.185. The van der Waals surface area contributed by atoms with Crippen molar-refractivity contribution in [3.8, 4) is 0 Å². The lowest BCUT2D eigenvalue weighted by Gasteiger charge is -2.52. The fourth-order valence-corrected chi connectivity index (χ4v) is 3.09. The van der Waals surface area contributed by atoms with Gasteiger partial charge < -0.3 is 14.4 Å². The fraction of sp³-hybridized carbons (Fsp3) is 0.714. The summed E-state index contributed by atoms with van der Waals surface area (Å²) in [5, 5.41) is 4.04. The first-order chi connectivity index (χ1) is 9.62. The van der Waals surface area contributed by atoms with Crippen molar-refractivity contribution in [3.05, 3.63) is 18.0 Å². The largest absolute Gasteiger partial charge is 0.378 e. The van der Waals surface area contributed by atoms with Crippen LogP contribution in [0.2, 0.25) is 0 Å². The van der Waals surface area contributed by atoms with E-state index in [0.717, 1.165) is 26.1 Å². The van der Waals surface area contributed by atoms with E-state index in [-0.39, 0.29) is 17.6 Å². The highest BCUT2D eigenvalue weighted by molar-refractivity contribution is 5.94.